The first-order chi connectivity index (χ1) is 8.06. The molecule has 1 amide bonds. The van der Waals surface area contributed by atoms with Gasteiger partial charge >= 0.3 is 0 Å². The first-order valence-corrected chi connectivity index (χ1v) is 5.90. The van der Waals surface area contributed by atoms with Crippen LogP contribution in [0.1, 0.15) is 36.3 Å². The minimum Gasteiger partial charge on any atom is -0.394 e. The highest BCUT2D eigenvalue weighted by Crippen LogP contribution is 2.34. The fourth-order valence-corrected chi connectivity index (χ4v) is 1.93. The van der Waals surface area contributed by atoms with Crippen LogP contribution in [0.15, 0.2) is 4.52 Å². The van der Waals surface area contributed by atoms with Gasteiger partial charge in [0.25, 0.3) is 0 Å². The predicted molar refractivity (Wildman–Crippen MR) is 61.5 cm³/mol. The monoisotopic (exact) mass is 238 g/mol. The molecule has 0 radical (unpaired) electrons. The zero-order valence-electron chi connectivity index (χ0n) is 10.2. The maximum atomic E-state index is 11.7. The highest BCUT2D eigenvalue weighted by Gasteiger charge is 2.43. The number of nitrogens with one attached hydrogen (secondary N) is 1. The van der Waals surface area contributed by atoms with Crippen LogP contribution in [0.5, 0.6) is 0 Å². The molecule has 1 fully saturated rings. The molecule has 1 heterocycles. The third-order valence-corrected chi connectivity index (χ3v) is 3.34. The number of hydrogen-bond acceptors (Lipinski definition) is 4. The minimum atomic E-state index is -0.324. The Kier molecular flexibility index (Phi) is 3.19. The molecule has 1 saturated carbocycles. The van der Waals surface area contributed by atoms with E-state index >= 15 is 0 Å². The molecule has 0 unspecified atom stereocenters. The maximum absolute atomic E-state index is 11.7. The van der Waals surface area contributed by atoms with Gasteiger partial charge in [0.05, 0.1) is 17.8 Å². The normalized spacial score (nSPS) is 16.9. The number of aromatic nitrogens is 1. The van der Waals surface area contributed by atoms with Crippen molar-refractivity contribution in [1.29, 1.82) is 0 Å². The van der Waals surface area contributed by atoms with E-state index < -0.39 is 0 Å². The molecule has 0 spiro atoms. The minimum absolute atomic E-state index is 0.0171. The summed E-state index contributed by atoms with van der Waals surface area (Å²) < 4.78 is 5.04. The molecule has 5 heteroatoms. The van der Waals surface area contributed by atoms with Gasteiger partial charge in [0.2, 0.25) is 5.91 Å². The smallest absolute Gasteiger partial charge is 0.220 e. The summed E-state index contributed by atoms with van der Waals surface area (Å²) in [5.74, 6) is 0.759. The molecule has 1 aliphatic carbocycles. The molecule has 0 aromatic carbocycles. The van der Waals surface area contributed by atoms with Crippen LogP contribution in [0.4, 0.5) is 0 Å². The molecule has 1 aromatic heterocycles. The largest absolute Gasteiger partial charge is 0.394 e. The molecule has 0 aliphatic heterocycles. The van der Waals surface area contributed by atoms with E-state index in [1.807, 2.05) is 13.8 Å². The molecule has 5 nitrogen and oxygen atoms in total. The van der Waals surface area contributed by atoms with Crippen LogP contribution in [0, 0.1) is 13.8 Å². The molecular formula is C12H18N2O3. The summed E-state index contributed by atoms with van der Waals surface area (Å²) in [4.78, 5) is 11.7. The Balaban J connectivity index is 1.84. The molecule has 2 rings (SSSR count). The highest BCUT2D eigenvalue weighted by molar-refractivity contribution is 5.77. The Morgan fingerprint density at radius 3 is 2.71 bits per heavy atom. The van der Waals surface area contributed by atoms with Crippen LogP contribution in [0.3, 0.4) is 0 Å². The number of amides is 1. The first kappa shape index (κ1) is 12.1. The van der Waals surface area contributed by atoms with Gasteiger partial charge in [-0.2, -0.15) is 0 Å². The summed E-state index contributed by atoms with van der Waals surface area (Å²) in [6.07, 6.45) is 2.79. The van der Waals surface area contributed by atoms with E-state index in [0.29, 0.717) is 12.8 Å². The highest BCUT2D eigenvalue weighted by atomic mass is 16.5. The Morgan fingerprint density at radius 1 is 1.53 bits per heavy atom. The fourth-order valence-electron chi connectivity index (χ4n) is 1.93. The average molecular weight is 238 g/mol. The second-order valence-electron chi connectivity index (χ2n) is 4.79. The summed E-state index contributed by atoms with van der Waals surface area (Å²) in [5, 5.41) is 15.8. The summed E-state index contributed by atoms with van der Waals surface area (Å²) in [6.45, 7) is 3.76. The van der Waals surface area contributed by atoms with E-state index in [1.54, 1.807) is 0 Å². The van der Waals surface area contributed by atoms with Crippen LogP contribution in [0.25, 0.3) is 0 Å². The van der Waals surface area contributed by atoms with Crippen molar-refractivity contribution in [3.05, 3.63) is 17.0 Å². The molecule has 0 bridgehead atoms. The number of aryl methyl sites for hydroxylation is 2. The number of hydrogen-bond donors (Lipinski definition) is 2. The van der Waals surface area contributed by atoms with Gasteiger partial charge in [-0.3, -0.25) is 4.79 Å². The van der Waals surface area contributed by atoms with Crippen molar-refractivity contribution in [3.8, 4) is 0 Å². The molecule has 17 heavy (non-hydrogen) atoms. The number of aliphatic hydroxyl groups excluding tert-OH is 1. The third kappa shape index (κ3) is 2.66. The Bertz CT molecular complexity index is 402. The Labute approximate surface area is 100 Å². The van der Waals surface area contributed by atoms with E-state index in [0.717, 1.165) is 29.9 Å². The van der Waals surface area contributed by atoms with Gasteiger partial charge in [0, 0.05) is 12.0 Å². The number of rotatable bonds is 5. The van der Waals surface area contributed by atoms with Crippen LogP contribution < -0.4 is 5.32 Å². The topological polar surface area (TPSA) is 75.4 Å². The standard InChI is InChI=1S/C12H18N2O3/c1-8-10(9(2)17-14-8)3-4-11(16)13-12(7-15)5-6-12/h15H,3-7H2,1-2H3,(H,13,16). The van der Waals surface area contributed by atoms with E-state index in [9.17, 15) is 4.79 Å². The zero-order chi connectivity index (χ0) is 12.5. The van der Waals surface area contributed by atoms with Crippen molar-refractivity contribution in [2.75, 3.05) is 6.61 Å². The zero-order valence-corrected chi connectivity index (χ0v) is 10.2. The summed E-state index contributed by atoms with van der Waals surface area (Å²) in [5.41, 5.74) is 1.53. The van der Waals surface area contributed by atoms with Gasteiger partial charge in [0.1, 0.15) is 5.76 Å². The summed E-state index contributed by atoms with van der Waals surface area (Å²) in [7, 11) is 0. The molecule has 0 saturated heterocycles. The Hall–Kier alpha value is -1.36. The number of aliphatic hydroxyl groups is 1. The van der Waals surface area contributed by atoms with Gasteiger partial charge in [-0.05, 0) is 33.1 Å². The number of nitrogens with zero attached hydrogens (tertiary/aromatic N) is 1. The van der Waals surface area contributed by atoms with Crippen molar-refractivity contribution < 1.29 is 14.4 Å². The lowest BCUT2D eigenvalue weighted by Gasteiger charge is -2.13. The fraction of sp³-hybridized carbons (Fsp3) is 0.667. The van der Waals surface area contributed by atoms with E-state index in [-0.39, 0.29) is 18.1 Å². The SMILES string of the molecule is Cc1noc(C)c1CCC(=O)NC1(CO)CC1. The number of carbonyl (C=O) groups excluding carboxylic acids is 1. The lowest BCUT2D eigenvalue weighted by Crippen LogP contribution is -2.39. The predicted octanol–water partition coefficient (Wildman–Crippen LogP) is 0.865. The van der Waals surface area contributed by atoms with Crippen LogP contribution in [-0.4, -0.2) is 28.3 Å². The van der Waals surface area contributed by atoms with Gasteiger partial charge < -0.3 is 14.9 Å². The molecule has 1 aliphatic rings. The van der Waals surface area contributed by atoms with E-state index in [1.165, 1.54) is 0 Å². The molecule has 2 N–H and O–H groups in total. The van der Waals surface area contributed by atoms with Crippen LogP contribution >= 0.6 is 0 Å². The summed E-state index contributed by atoms with van der Waals surface area (Å²) in [6, 6.07) is 0. The van der Waals surface area contributed by atoms with Crippen molar-refractivity contribution >= 4 is 5.91 Å². The van der Waals surface area contributed by atoms with Crippen molar-refractivity contribution in [3.63, 3.8) is 0 Å². The summed E-state index contributed by atoms with van der Waals surface area (Å²) >= 11 is 0. The lowest BCUT2D eigenvalue weighted by atomic mass is 10.1. The second kappa shape index (κ2) is 4.49. The van der Waals surface area contributed by atoms with Crippen molar-refractivity contribution in [1.82, 2.24) is 10.5 Å². The number of carbonyl (C=O) groups is 1. The van der Waals surface area contributed by atoms with Crippen molar-refractivity contribution in [2.45, 2.75) is 45.1 Å². The lowest BCUT2D eigenvalue weighted by molar-refractivity contribution is -0.122. The first-order valence-electron chi connectivity index (χ1n) is 5.90. The molecular weight excluding hydrogens is 220 g/mol. The third-order valence-electron chi connectivity index (χ3n) is 3.34. The van der Waals surface area contributed by atoms with E-state index in [4.69, 9.17) is 9.63 Å². The maximum Gasteiger partial charge on any atom is 0.220 e. The van der Waals surface area contributed by atoms with E-state index in [2.05, 4.69) is 10.5 Å². The van der Waals surface area contributed by atoms with Gasteiger partial charge in [-0.25, -0.2) is 0 Å². The van der Waals surface area contributed by atoms with Gasteiger partial charge in [0.15, 0.2) is 0 Å². The second-order valence-corrected chi connectivity index (χ2v) is 4.79. The Morgan fingerprint density at radius 2 is 2.24 bits per heavy atom. The van der Waals surface area contributed by atoms with Crippen molar-refractivity contribution in [2.24, 2.45) is 0 Å². The van der Waals surface area contributed by atoms with Crippen LogP contribution in [-0.2, 0) is 11.2 Å². The van der Waals surface area contributed by atoms with Gasteiger partial charge in [-0.1, -0.05) is 5.16 Å². The molecule has 0 atom stereocenters. The van der Waals surface area contributed by atoms with Gasteiger partial charge in [-0.15, -0.1) is 0 Å². The van der Waals surface area contributed by atoms with Crippen LogP contribution in [0.2, 0.25) is 0 Å². The molecule has 94 valence electrons. The quantitative estimate of drug-likeness (QED) is 0.798. The average Bonchev–Trinajstić information content (AvgIpc) is 2.99. The molecule has 1 aromatic rings.